The zero-order valence-electron chi connectivity index (χ0n) is 19.8. The van der Waals surface area contributed by atoms with Crippen LogP contribution in [0.3, 0.4) is 0 Å². The largest absolute Gasteiger partial charge is 0.573 e. The third-order valence-corrected chi connectivity index (χ3v) is 6.85. The second kappa shape index (κ2) is 10.5. The van der Waals surface area contributed by atoms with E-state index in [1.807, 2.05) is 6.07 Å². The number of methoxy groups -OCH3 is 1. The third kappa shape index (κ3) is 5.78. The molecule has 9 nitrogen and oxygen atoms in total. The number of carbonyl (C=O) groups excluding carboxylic acids is 1. The van der Waals surface area contributed by atoms with Crippen LogP contribution in [0.4, 0.5) is 24.3 Å². The average molecular weight is 536 g/mol. The van der Waals surface area contributed by atoms with Crippen molar-refractivity contribution in [2.75, 3.05) is 38.8 Å². The summed E-state index contributed by atoms with van der Waals surface area (Å²) in [5.74, 6) is 0.00254. The van der Waals surface area contributed by atoms with Crippen LogP contribution in [-0.2, 0) is 9.47 Å². The fourth-order valence-electron chi connectivity index (χ4n) is 4.26. The Kier molecular flexibility index (Phi) is 7.17. The summed E-state index contributed by atoms with van der Waals surface area (Å²) in [5, 5.41) is 6.52. The molecule has 37 heavy (non-hydrogen) atoms. The van der Waals surface area contributed by atoms with Crippen LogP contribution in [0, 0.1) is 0 Å². The van der Waals surface area contributed by atoms with Gasteiger partial charge in [-0.25, -0.2) is 9.97 Å². The van der Waals surface area contributed by atoms with Gasteiger partial charge in [-0.3, -0.25) is 4.79 Å². The molecule has 1 aliphatic heterocycles. The Balaban J connectivity index is 1.47. The van der Waals surface area contributed by atoms with E-state index in [1.54, 1.807) is 19.2 Å². The van der Waals surface area contributed by atoms with E-state index in [9.17, 15) is 18.0 Å². The van der Waals surface area contributed by atoms with E-state index in [1.165, 1.54) is 29.5 Å². The number of thiazole rings is 1. The molecule has 0 aliphatic carbocycles. The minimum absolute atomic E-state index is 0.115. The van der Waals surface area contributed by atoms with E-state index in [2.05, 4.69) is 24.9 Å². The number of fused-ring (bicyclic) bond motifs is 2. The molecule has 1 amide bonds. The number of nitrogens with one attached hydrogen (secondary N) is 2. The molecule has 2 N–H and O–H groups in total. The number of aromatic nitrogens is 3. The molecule has 1 aliphatic rings. The quantitative estimate of drug-likeness (QED) is 0.306. The molecule has 0 saturated carbocycles. The summed E-state index contributed by atoms with van der Waals surface area (Å²) < 4.78 is 55.0. The lowest BCUT2D eigenvalue weighted by Gasteiger charge is -2.25. The van der Waals surface area contributed by atoms with Crippen molar-refractivity contribution >= 4 is 49.6 Å². The number of rotatable bonds is 8. The normalized spacial score (nSPS) is 14.8. The lowest BCUT2D eigenvalue weighted by atomic mass is 10.1. The molecular weight excluding hydrogens is 511 g/mol. The first-order chi connectivity index (χ1) is 17.8. The van der Waals surface area contributed by atoms with Gasteiger partial charge >= 0.3 is 6.36 Å². The van der Waals surface area contributed by atoms with Gasteiger partial charge in [0, 0.05) is 44.5 Å². The SMILES string of the molecule is COCCNC(=O)c1ccc2c(c1)nc(Nc1nc3ccc(OC(F)(F)F)cc3s1)n2C1CCOCC1. The number of alkyl halides is 3. The molecule has 0 atom stereocenters. The lowest BCUT2D eigenvalue weighted by molar-refractivity contribution is -0.274. The second-order valence-electron chi connectivity index (χ2n) is 8.42. The van der Waals surface area contributed by atoms with Crippen LogP contribution in [0.1, 0.15) is 29.2 Å². The van der Waals surface area contributed by atoms with Crippen molar-refractivity contribution in [3.05, 3.63) is 42.0 Å². The first-order valence-corrected chi connectivity index (χ1v) is 12.4. The third-order valence-electron chi connectivity index (χ3n) is 5.91. The standard InChI is InChI=1S/C24H24F3N5O4S/c1-34-11-8-28-21(33)14-2-5-19-18(12-14)29-22(32(19)15-6-9-35-10-7-15)31-23-30-17-4-3-16(13-20(17)37-23)36-24(25,26)27/h2-5,12-13,15H,6-11H2,1H3,(H,28,33)(H,29,30,31). The maximum absolute atomic E-state index is 12.6. The summed E-state index contributed by atoms with van der Waals surface area (Å²) in [4.78, 5) is 21.8. The van der Waals surface area contributed by atoms with Crippen LogP contribution in [0.25, 0.3) is 21.3 Å². The van der Waals surface area contributed by atoms with Crippen molar-refractivity contribution in [1.29, 1.82) is 0 Å². The molecule has 5 rings (SSSR count). The number of halogens is 3. The van der Waals surface area contributed by atoms with Gasteiger partial charge in [-0.1, -0.05) is 11.3 Å². The number of benzene rings is 2. The summed E-state index contributed by atoms with van der Waals surface area (Å²) in [6.07, 6.45) is -3.19. The first kappa shape index (κ1) is 25.2. The lowest BCUT2D eigenvalue weighted by Crippen LogP contribution is -2.26. The Labute approximate surface area is 213 Å². The van der Waals surface area contributed by atoms with Crippen LogP contribution >= 0.6 is 11.3 Å². The number of hydrogen-bond acceptors (Lipinski definition) is 8. The number of nitrogens with zero attached hydrogens (tertiary/aromatic N) is 3. The monoisotopic (exact) mass is 535 g/mol. The van der Waals surface area contributed by atoms with Gasteiger partial charge in [0.05, 0.1) is 27.9 Å². The zero-order chi connectivity index (χ0) is 26.0. The van der Waals surface area contributed by atoms with Crippen molar-refractivity contribution in [3.8, 4) is 5.75 Å². The fraction of sp³-hybridized carbons (Fsp3) is 0.375. The van der Waals surface area contributed by atoms with Crippen LogP contribution < -0.4 is 15.4 Å². The maximum atomic E-state index is 12.6. The van der Waals surface area contributed by atoms with Crippen molar-refractivity contribution in [2.45, 2.75) is 25.2 Å². The molecule has 2 aromatic carbocycles. The predicted octanol–water partition coefficient (Wildman–Crippen LogP) is 5.02. The molecule has 1 fully saturated rings. The number of ether oxygens (including phenoxy) is 3. The molecule has 1 saturated heterocycles. The molecule has 0 unspecified atom stereocenters. The Morgan fingerprint density at radius 1 is 1.16 bits per heavy atom. The van der Waals surface area contributed by atoms with Gasteiger partial charge in [-0.05, 0) is 43.2 Å². The Morgan fingerprint density at radius 2 is 1.97 bits per heavy atom. The highest BCUT2D eigenvalue weighted by atomic mass is 32.1. The van der Waals surface area contributed by atoms with E-state index in [4.69, 9.17) is 14.5 Å². The van der Waals surface area contributed by atoms with Crippen molar-refractivity contribution in [3.63, 3.8) is 0 Å². The minimum atomic E-state index is -4.77. The molecule has 196 valence electrons. The molecule has 3 heterocycles. The maximum Gasteiger partial charge on any atom is 0.573 e. The van der Waals surface area contributed by atoms with E-state index in [-0.39, 0.29) is 17.7 Å². The van der Waals surface area contributed by atoms with Gasteiger partial charge in [0.25, 0.3) is 5.91 Å². The highest BCUT2D eigenvalue weighted by Gasteiger charge is 2.31. The Morgan fingerprint density at radius 3 is 2.73 bits per heavy atom. The molecule has 13 heteroatoms. The molecule has 2 aromatic heterocycles. The first-order valence-electron chi connectivity index (χ1n) is 11.6. The van der Waals surface area contributed by atoms with Crippen LogP contribution in [0.15, 0.2) is 36.4 Å². The van der Waals surface area contributed by atoms with E-state index in [0.717, 1.165) is 18.4 Å². The van der Waals surface area contributed by atoms with Crippen LogP contribution in [-0.4, -0.2) is 60.3 Å². The molecule has 4 aromatic rings. The number of anilines is 2. The number of hydrogen-bond donors (Lipinski definition) is 2. The van der Waals surface area contributed by atoms with E-state index < -0.39 is 6.36 Å². The highest BCUT2D eigenvalue weighted by molar-refractivity contribution is 7.22. The van der Waals surface area contributed by atoms with Crippen molar-refractivity contribution in [2.24, 2.45) is 0 Å². The number of carbonyl (C=O) groups is 1. The van der Waals surface area contributed by atoms with Gasteiger partial charge < -0.3 is 29.4 Å². The average Bonchev–Trinajstić information content (AvgIpc) is 3.43. The van der Waals surface area contributed by atoms with Gasteiger partial charge in [0.15, 0.2) is 5.13 Å². The summed E-state index contributed by atoms with van der Waals surface area (Å²) in [5.41, 5.74) is 2.50. The van der Waals surface area contributed by atoms with Gasteiger partial charge in [-0.15, -0.1) is 13.2 Å². The topological polar surface area (TPSA) is 99.5 Å². The predicted molar refractivity (Wildman–Crippen MR) is 133 cm³/mol. The molecule has 0 spiro atoms. The number of imidazole rings is 1. The summed E-state index contributed by atoms with van der Waals surface area (Å²) in [7, 11) is 1.57. The molecule has 0 radical (unpaired) electrons. The Hall–Kier alpha value is -3.42. The molecule has 0 bridgehead atoms. The highest BCUT2D eigenvalue weighted by Crippen LogP contribution is 2.36. The Bertz CT molecular complexity index is 1410. The van der Waals surface area contributed by atoms with Gasteiger partial charge in [-0.2, -0.15) is 0 Å². The van der Waals surface area contributed by atoms with Crippen molar-refractivity contribution < 1.29 is 32.2 Å². The zero-order valence-corrected chi connectivity index (χ0v) is 20.6. The van der Waals surface area contributed by atoms with Gasteiger partial charge in [0.2, 0.25) is 5.95 Å². The smallest absolute Gasteiger partial charge is 0.406 e. The van der Waals surface area contributed by atoms with Crippen LogP contribution in [0.5, 0.6) is 5.75 Å². The second-order valence-corrected chi connectivity index (χ2v) is 9.45. The minimum Gasteiger partial charge on any atom is -0.406 e. The molecular formula is C24H24F3N5O4S. The summed E-state index contributed by atoms with van der Waals surface area (Å²) in [6, 6.07) is 9.49. The summed E-state index contributed by atoms with van der Waals surface area (Å²) >= 11 is 1.19. The van der Waals surface area contributed by atoms with E-state index in [0.29, 0.717) is 58.7 Å². The van der Waals surface area contributed by atoms with Crippen molar-refractivity contribution in [1.82, 2.24) is 19.9 Å². The fourth-order valence-corrected chi connectivity index (χ4v) is 5.15. The van der Waals surface area contributed by atoms with E-state index >= 15 is 0 Å². The summed E-state index contributed by atoms with van der Waals surface area (Å²) in [6.45, 7) is 2.04. The van der Waals surface area contributed by atoms with Gasteiger partial charge in [0.1, 0.15) is 5.75 Å². The van der Waals surface area contributed by atoms with Crippen LogP contribution in [0.2, 0.25) is 0 Å². The number of amides is 1.